The summed E-state index contributed by atoms with van der Waals surface area (Å²) in [5.74, 6) is -0.0973. The first-order valence-corrected chi connectivity index (χ1v) is 8.45. The van der Waals surface area contributed by atoms with Crippen molar-refractivity contribution in [3.8, 4) is 0 Å². The zero-order valence-corrected chi connectivity index (χ0v) is 12.7. The summed E-state index contributed by atoms with van der Waals surface area (Å²) in [5, 5.41) is 9.24. The summed E-state index contributed by atoms with van der Waals surface area (Å²) in [4.78, 5) is 0.249. The number of sulfonamides is 1. The lowest BCUT2D eigenvalue weighted by Gasteiger charge is -2.22. The molecule has 20 heavy (non-hydrogen) atoms. The minimum atomic E-state index is -3.43. The minimum Gasteiger partial charge on any atom is -0.395 e. The van der Waals surface area contributed by atoms with Crippen LogP contribution in [0.2, 0.25) is 0 Å². The SMILES string of the molecule is NC(=S)c1cccc(CS(=O)(=O)N2CCCC2CO)c1. The molecule has 5 nitrogen and oxygen atoms in total. The Morgan fingerprint density at radius 1 is 1.50 bits per heavy atom. The van der Waals surface area contributed by atoms with Crippen LogP contribution in [0.4, 0.5) is 0 Å². The lowest BCUT2D eigenvalue weighted by atomic mass is 10.1. The molecule has 1 unspecified atom stereocenters. The lowest BCUT2D eigenvalue weighted by Crippen LogP contribution is -2.38. The van der Waals surface area contributed by atoms with Gasteiger partial charge in [0.2, 0.25) is 10.0 Å². The Morgan fingerprint density at radius 2 is 2.25 bits per heavy atom. The molecule has 0 saturated carbocycles. The van der Waals surface area contributed by atoms with E-state index in [9.17, 15) is 13.5 Å². The Bertz CT molecular complexity index is 601. The van der Waals surface area contributed by atoms with Gasteiger partial charge in [0.05, 0.1) is 12.4 Å². The molecule has 0 aliphatic carbocycles. The zero-order valence-electron chi connectivity index (χ0n) is 11.0. The van der Waals surface area contributed by atoms with Gasteiger partial charge in [0, 0.05) is 18.2 Å². The molecule has 1 aromatic rings. The van der Waals surface area contributed by atoms with Crippen molar-refractivity contribution < 1.29 is 13.5 Å². The molecule has 7 heteroatoms. The van der Waals surface area contributed by atoms with Crippen molar-refractivity contribution in [2.75, 3.05) is 13.2 Å². The lowest BCUT2D eigenvalue weighted by molar-refractivity contribution is 0.213. The Morgan fingerprint density at radius 3 is 2.90 bits per heavy atom. The standard InChI is InChI=1S/C13H18N2O3S2/c14-13(19)11-4-1-3-10(7-11)9-20(17,18)15-6-2-5-12(15)8-16/h1,3-4,7,12,16H,2,5-6,8-9H2,(H2,14,19). The second-order valence-corrected chi connectivity index (χ2v) is 7.27. The summed E-state index contributed by atoms with van der Waals surface area (Å²) in [6.07, 6.45) is 1.50. The summed E-state index contributed by atoms with van der Waals surface area (Å²) in [6.45, 7) is 0.342. The fourth-order valence-corrected chi connectivity index (χ4v) is 4.39. The van der Waals surface area contributed by atoms with Gasteiger partial charge < -0.3 is 10.8 Å². The molecule has 1 heterocycles. The molecule has 1 fully saturated rings. The van der Waals surface area contributed by atoms with Gasteiger partial charge in [-0.25, -0.2) is 8.42 Å². The van der Waals surface area contributed by atoms with E-state index in [0.717, 1.165) is 6.42 Å². The summed E-state index contributed by atoms with van der Waals surface area (Å²) in [7, 11) is -3.43. The largest absolute Gasteiger partial charge is 0.395 e. The normalized spacial score (nSPS) is 20.1. The quantitative estimate of drug-likeness (QED) is 0.778. The van der Waals surface area contributed by atoms with Gasteiger partial charge in [0.25, 0.3) is 0 Å². The van der Waals surface area contributed by atoms with Crippen molar-refractivity contribution in [2.24, 2.45) is 5.73 Å². The second-order valence-electron chi connectivity index (χ2n) is 4.91. The van der Waals surface area contributed by atoms with Crippen LogP contribution in [0, 0.1) is 0 Å². The number of nitrogens with two attached hydrogens (primary N) is 1. The number of benzene rings is 1. The van der Waals surface area contributed by atoms with Gasteiger partial charge in [-0.05, 0) is 24.5 Å². The molecule has 1 aliphatic rings. The molecule has 0 bridgehead atoms. The van der Waals surface area contributed by atoms with Crippen LogP contribution < -0.4 is 5.73 Å². The number of hydrogen-bond donors (Lipinski definition) is 2. The summed E-state index contributed by atoms with van der Waals surface area (Å²) < 4.78 is 26.2. The van der Waals surface area contributed by atoms with Crippen LogP contribution in [0.3, 0.4) is 0 Å². The van der Waals surface area contributed by atoms with Crippen molar-refractivity contribution in [3.05, 3.63) is 35.4 Å². The number of nitrogens with zero attached hydrogens (tertiary/aromatic N) is 1. The predicted molar refractivity (Wildman–Crippen MR) is 81.8 cm³/mol. The molecule has 0 aromatic heterocycles. The van der Waals surface area contributed by atoms with Crippen LogP contribution in [-0.4, -0.2) is 42.0 Å². The van der Waals surface area contributed by atoms with Gasteiger partial charge in [0.1, 0.15) is 4.99 Å². The molecule has 1 aromatic carbocycles. The Kier molecular flexibility index (Phi) is 4.74. The molecule has 0 amide bonds. The van der Waals surface area contributed by atoms with Gasteiger partial charge in [-0.2, -0.15) is 4.31 Å². The monoisotopic (exact) mass is 314 g/mol. The fourth-order valence-electron chi connectivity index (χ4n) is 2.47. The average Bonchev–Trinajstić information content (AvgIpc) is 2.87. The highest BCUT2D eigenvalue weighted by Crippen LogP contribution is 2.23. The maximum Gasteiger partial charge on any atom is 0.218 e. The van der Waals surface area contributed by atoms with Crippen LogP contribution in [0.1, 0.15) is 24.0 Å². The van der Waals surface area contributed by atoms with Crippen molar-refractivity contribution in [2.45, 2.75) is 24.6 Å². The summed E-state index contributed by atoms with van der Waals surface area (Å²) >= 11 is 4.89. The Hall–Kier alpha value is -1.02. The van der Waals surface area contributed by atoms with Crippen molar-refractivity contribution in [3.63, 3.8) is 0 Å². The van der Waals surface area contributed by atoms with Crippen LogP contribution in [0.5, 0.6) is 0 Å². The van der Waals surface area contributed by atoms with Crippen LogP contribution in [-0.2, 0) is 15.8 Å². The number of rotatable bonds is 5. The third-order valence-corrected chi connectivity index (χ3v) is 5.58. The molecule has 0 spiro atoms. The molecular formula is C13H18N2O3S2. The van der Waals surface area contributed by atoms with E-state index >= 15 is 0 Å². The maximum atomic E-state index is 12.4. The topological polar surface area (TPSA) is 83.6 Å². The van der Waals surface area contributed by atoms with Crippen LogP contribution in [0.25, 0.3) is 0 Å². The first-order valence-electron chi connectivity index (χ1n) is 6.43. The molecule has 1 atom stereocenters. The van der Waals surface area contributed by atoms with E-state index in [-0.39, 0.29) is 23.4 Å². The third-order valence-electron chi connectivity index (χ3n) is 3.45. The van der Waals surface area contributed by atoms with Gasteiger partial charge in [-0.15, -0.1) is 0 Å². The van der Waals surface area contributed by atoms with E-state index in [1.807, 2.05) is 0 Å². The van der Waals surface area contributed by atoms with E-state index in [4.69, 9.17) is 18.0 Å². The zero-order chi connectivity index (χ0) is 14.8. The highest BCUT2D eigenvalue weighted by molar-refractivity contribution is 7.88. The molecule has 0 radical (unpaired) electrons. The van der Waals surface area contributed by atoms with Crippen LogP contribution >= 0.6 is 12.2 Å². The third kappa shape index (κ3) is 3.35. The van der Waals surface area contributed by atoms with Crippen molar-refractivity contribution in [1.29, 1.82) is 0 Å². The molecule has 2 rings (SSSR count). The minimum absolute atomic E-state index is 0.0973. The van der Waals surface area contributed by atoms with E-state index < -0.39 is 10.0 Å². The predicted octanol–water partition coefficient (Wildman–Crippen LogP) is 0.607. The van der Waals surface area contributed by atoms with Gasteiger partial charge in [0.15, 0.2) is 0 Å². The van der Waals surface area contributed by atoms with Crippen molar-refractivity contribution in [1.82, 2.24) is 4.31 Å². The van der Waals surface area contributed by atoms with Gasteiger partial charge in [-0.1, -0.05) is 30.4 Å². The van der Waals surface area contributed by atoms with Crippen LogP contribution in [0.15, 0.2) is 24.3 Å². The average molecular weight is 314 g/mol. The molecule has 110 valence electrons. The van der Waals surface area contributed by atoms with Crippen molar-refractivity contribution >= 4 is 27.2 Å². The van der Waals surface area contributed by atoms with E-state index in [1.165, 1.54) is 4.31 Å². The number of thiocarbonyl (C=S) groups is 1. The van der Waals surface area contributed by atoms with E-state index in [2.05, 4.69) is 0 Å². The van der Waals surface area contributed by atoms with Gasteiger partial charge >= 0.3 is 0 Å². The Labute approximate surface area is 124 Å². The number of hydrogen-bond acceptors (Lipinski definition) is 4. The smallest absolute Gasteiger partial charge is 0.218 e. The molecular weight excluding hydrogens is 296 g/mol. The van der Waals surface area contributed by atoms with E-state index in [0.29, 0.717) is 24.1 Å². The van der Waals surface area contributed by atoms with E-state index in [1.54, 1.807) is 24.3 Å². The number of aliphatic hydroxyl groups excluding tert-OH is 1. The maximum absolute atomic E-state index is 12.4. The highest BCUT2D eigenvalue weighted by atomic mass is 32.2. The highest BCUT2D eigenvalue weighted by Gasteiger charge is 2.33. The van der Waals surface area contributed by atoms with Gasteiger partial charge in [-0.3, -0.25) is 0 Å². The summed E-state index contributed by atoms with van der Waals surface area (Å²) in [5.41, 5.74) is 6.86. The Balaban J connectivity index is 2.20. The summed E-state index contributed by atoms with van der Waals surface area (Å²) in [6, 6.07) is 6.64. The first-order chi connectivity index (χ1) is 9.44. The second kappa shape index (κ2) is 6.17. The fraction of sp³-hybridized carbons (Fsp3) is 0.462. The number of aliphatic hydroxyl groups is 1. The molecule has 1 aliphatic heterocycles. The first kappa shape index (κ1) is 15.4. The molecule has 3 N–H and O–H groups in total. The molecule has 1 saturated heterocycles.